The molecule has 1 aromatic heterocycles. The monoisotopic (exact) mass is 218 g/mol. The van der Waals surface area contributed by atoms with Gasteiger partial charge < -0.3 is 9.84 Å². The van der Waals surface area contributed by atoms with Crippen LogP contribution in [-0.4, -0.2) is 28.0 Å². The van der Waals surface area contributed by atoms with Crippen molar-refractivity contribution >= 4 is 17.6 Å². The van der Waals surface area contributed by atoms with Gasteiger partial charge in [0.1, 0.15) is 6.10 Å². The van der Waals surface area contributed by atoms with Gasteiger partial charge in [-0.1, -0.05) is 11.6 Å². The maximum Gasteiger partial charge on any atom is 0.306 e. The highest BCUT2D eigenvalue weighted by molar-refractivity contribution is 6.31. The second-order valence-corrected chi connectivity index (χ2v) is 3.23. The van der Waals surface area contributed by atoms with Crippen molar-refractivity contribution in [1.29, 1.82) is 0 Å². The van der Waals surface area contributed by atoms with Gasteiger partial charge in [-0.25, -0.2) is 0 Å². The number of carboxylic acids is 1. The summed E-state index contributed by atoms with van der Waals surface area (Å²) in [5, 5.41) is 13.0. The molecule has 1 unspecified atom stereocenters. The smallest absolute Gasteiger partial charge is 0.306 e. The van der Waals surface area contributed by atoms with Crippen molar-refractivity contribution in [3.05, 3.63) is 16.9 Å². The SMILES string of the molecule is COC(CC(=O)O)c1c(Cl)cnn1C. The molecule has 1 rings (SSSR count). The van der Waals surface area contributed by atoms with E-state index in [4.69, 9.17) is 21.4 Å². The Labute approximate surface area is 86.2 Å². The van der Waals surface area contributed by atoms with E-state index in [0.717, 1.165) is 0 Å². The lowest BCUT2D eigenvalue weighted by Crippen LogP contribution is -2.12. The molecule has 0 saturated heterocycles. The summed E-state index contributed by atoms with van der Waals surface area (Å²) in [6.45, 7) is 0. The summed E-state index contributed by atoms with van der Waals surface area (Å²) in [6, 6.07) is 0. The van der Waals surface area contributed by atoms with Crippen molar-refractivity contribution in [2.45, 2.75) is 12.5 Å². The Morgan fingerprint density at radius 3 is 2.86 bits per heavy atom. The Balaban J connectivity index is 2.94. The predicted octanol–water partition coefficient (Wildman–Crippen LogP) is 1.24. The summed E-state index contributed by atoms with van der Waals surface area (Å²) in [5.74, 6) is -0.936. The highest BCUT2D eigenvalue weighted by Crippen LogP contribution is 2.26. The van der Waals surface area contributed by atoms with Crippen molar-refractivity contribution in [1.82, 2.24) is 9.78 Å². The minimum absolute atomic E-state index is 0.129. The average molecular weight is 219 g/mol. The number of methoxy groups -OCH3 is 1. The highest BCUT2D eigenvalue weighted by Gasteiger charge is 2.21. The first kappa shape index (κ1) is 11.0. The summed E-state index contributed by atoms with van der Waals surface area (Å²) in [4.78, 5) is 10.5. The zero-order chi connectivity index (χ0) is 10.7. The fraction of sp³-hybridized carbons (Fsp3) is 0.500. The maximum absolute atomic E-state index is 10.5. The standard InChI is InChI=1S/C8H11ClN2O3/c1-11-8(5(9)4-10-11)6(14-2)3-7(12)13/h4,6H,3H2,1-2H3,(H,12,13). The van der Waals surface area contributed by atoms with E-state index >= 15 is 0 Å². The van der Waals surface area contributed by atoms with Gasteiger partial charge in [-0.3, -0.25) is 9.48 Å². The lowest BCUT2D eigenvalue weighted by atomic mass is 10.2. The van der Waals surface area contributed by atoms with E-state index in [1.807, 2.05) is 0 Å². The average Bonchev–Trinajstić information content (AvgIpc) is 2.43. The van der Waals surface area contributed by atoms with E-state index in [9.17, 15) is 4.79 Å². The lowest BCUT2D eigenvalue weighted by Gasteiger charge is -2.13. The van der Waals surface area contributed by atoms with Crippen LogP contribution in [0.25, 0.3) is 0 Å². The lowest BCUT2D eigenvalue weighted by molar-refractivity contribution is -0.139. The van der Waals surface area contributed by atoms with Crippen LogP contribution in [0.1, 0.15) is 18.2 Å². The topological polar surface area (TPSA) is 64.3 Å². The molecule has 0 amide bonds. The second kappa shape index (κ2) is 4.43. The number of halogens is 1. The molecule has 14 heavy (non-hydrogen) atoms. The molecular formula is C8H11ClN2O3. The third kappa shape index (κ3) is 2.24. The van der Waals surface area contributed by atoms with Gasteiger partial charge in [-0.2, -0.15) is 5.10 Å². The number of carbonyl (C=O) groups is 1. The van der Waals surface area contributed by atoms with Crippen LogP contribution in [0.4, 0.5) is 0 Å². The number of aryl methyl sites for hydroxylation is 1. The Morgan fingerprint density at radius 2 is 2.50 bits per heavy atom. The van der Waals surface area contributed by atoms with Crippen molar-refractivity contribution in [2.24, 2.45) is 7.05 Å². The quantitative estimate of drug-likeness (QED) is 0.826. The van der Waals surface area contributed by atoms with Crippen LogP contribution in [0.3, 0.4) is 0 Å². The molecule has 78 valence electrons. The summed E-state index contributed by atoms with van der Waals surface area (Å²) in [7, 11) is 3.13. The van der Waals surface area contributed by atoms with Gasteiger partial charge in [-0.15, -0.1) is 0 Å². The van der Waals surface area contributed by atoms with Crippen molar-refractivity contribution in [3.8, 4) is 0 Å². The van der Waals surface area contributed by atoms with Crippen LogP contribution >= 0.6 is 11.6 Å². The molecule has 0 fully saturated rings. The van der Waals surface area contributed by atoms with Crippen LogP contribution < -0.4 is 0 Å². The Hall–Kier alpha value is -1.07. The minimum Gasteiger partial charge on any atom is -0.481 e. The van der Waals surface area contributed by atoms with E-state index in [1.165, 1.54) is 18.0 Å². The number of rotatable bonds is 4. The van der Waals surface area contributed by atoms with E-state index in [1.54, 1.807) is 7.05 Å². The van der Waals surface area contributed by atoms with Crippen molar-refractivity contribution in [3.63, 3.8) is 0 Å². The molecule has 1 N–H and O–H groups in total. The molecular weight excluding hydrogens is 208 g/mol. The Bertz CT molecular complexity index is 318. The summed E-state index contributed by atoms with van der Waals surface area (Å²) in [5.41, 5.74) is 0.580. The van der Waals surface area contributed by atoms with Crippen LogP contribution in [0.15, 0.2) is 6.20 Å². The van der Waals surface area contributed by atoms with Crippen LogP contribution in [0.5, 0.6) is 0 Å². The largest absolute Gasteiger partial charge is 0.481 e. The molecule has 0 aromatic carbocycles. The molecule has 0 radical (unpaired) electrons. The van der Waals surface area contributed by atoms with Crippen LogP contribution in [-0.2, 0) is 16.6 Å². The zero-order valence-corrected chi connectivity index (χ0v) is 8.65. The van der Waals surface area contributed by atoms with Crippen molar-refractivity contribution in [2.75, 3.05) is 7.11 Å². The number of aromatic nitrogens is 2. The predicted molar refractivity (Wildman–Crippen MR) is 50.2 cm³/mol. The summed E-state index contributed by atoms with van der Waals surface area (Å²) in [6.07, 6.45) is 0.771. The summed E-state index contributed by atoms with van der Waals surface area (Å²) < 4.78 is 6.55. The second-order valence-electron chi connectivity index (χ2n) is 2.82. The van der Waals surface area contributed by atoms with E-state index in [0.29, 0.717) is 10.7 Å². The normalized spacial score (nSPS) is 12.8. The molecule has 0 aliphatic rings. The van der Waals surface area contributed by atoms with E-state index < -0.39 is 12.1 Å². The third-order valence-corrected chi connectivity index (χ3v) is 2.18. The Morgan fingerprint density at radius 1 is 1.86 bits per heavy atom. The van der Waals surface area contributed by atoms with Gasteiger partial charge >= 0.3 is 5.97 Å². The molecule has 1 atom stereocenters. The fourth-order valence-electron chi connectivity index (χ4n) is 1.23. The first-order chi connectivity index (χ1) is 6.56. The van der Waals surface area contributed by atoms with E-state index in [2.05, 4.69) is 5.10 Å². The summed E-state index contributed by atoms with van der Waals surface area (Å²) >= 11 is 5.85. The maximum atomic E-state index is 10.5. The van der Waals surface area contributed by atoms with Gasteiger partial charge in [0.15, 0.2) is 0 Å². The van der Waals surface area contributed by atoms with Gasteiger partial charge in [0.05, 0.1) is 23.3 Å². The van der Waals surface area contributed by atoms with Crippen LogP contribution in [0.2, 0.25) is 5.02 Å². The number of aliphatic carboxylic acids is 1. The van der Waals surface area contributed by atoms with Gasteiger partial charge in [-0.05, 0) is 0 Å². The zero-order valence-electron chi connectivity index (χ0n) is 7.90. The molecule has 1 aromatic rings. The van der Waals surface area contributed by atoms with E-state index in [-0.39, 0.29) is 6.42 Å². The Kier molecular flexibility index (Phi) is 3.49. The number of hydrogen-bond donors (Lipinski definition) is 1. The van der Waals surface area contributed by atoms with Gasteiger partial charge in [0.2, 0.25) is 0 Å². The van der Waals surface area contributed by atoms with Crippen molar-refractivity contribution < 1.29 is 14.6 Å². The van der Waals surface area contributed by atoms with Crippen LogP contribution in [0, 0.1) is 0 Å². The number of carboxylic acid groups (broad SMARTS) is 1. The molecule has 0 spiro atoms. The molecule has 0 bridgehead atoms. The first-order valence-corrected chi connectivity index (χ1v) is 4.36. The molecule has 0 saturated carbocycles. The number of hydrogen-bond acceptors (Lipinski definition) is 3. The number of ether oxygens (including phenoxy) is 1. The molecule has 6 heteroatoms. The molecule has 1 heterocycles. The van der Waals surface area contributed by atoms with Gasteiger partial charge in [0, 0.05) is 14.2 Å². The molecule has 0 aliphatic heterocycles. The van der Waals surface area contributed by atoms with Gasteiger partial charge in [0.25, 0.3) is 0 Å². The minimum atomic E-state index is -0.936. The third-order valence-electron chi connectivity index (χ3n) is 1.89. The number of nitrogens with zero attached hydrogens (tertiary/aromatic N) is 2. The highest BCUT2D eigenvalue weighted by atomic mass is 35.5. The molecule has 0 aliphatic carbocycles. The fourth-order valence-corrected chi connectivity index (χ4v) is 1.52. The first-order valence-electron chi connectivity index (χ1n) is 3.98. The molecule has 5 nitrogen and oxygen atoms in total.